The number of nitrogens with zero attached hydrogens (tertiary/aromatic N) is 1. The highest BCUT2D eigenvalue weighted by molar-refractivity contribution is 5.72. The van der Waals surface area contributed by atoms with Gasteiger partial charge in [-0.25, -0.2) is 8.78 Å². The molecule has 0 unspecified atom stereocenters. The lowest BCUT2D eigenvalue weighted by atomic mass is 10.2. The Bertz CT molecular complexity index is 396. The SMILES string of the molecule is CCOC(=O)Cc1cc(OC)cc(C(F)F)n1. The summed E-state index contributed by atoms with van der Waals surface area (Å²) in [5, 5.41) is 0. The molecule has 94 valence electrons. The average molecular weight is 245 g/mol. The molecule has 0 saturated heterocycles. The van der Waals surface area contributed by atoms with Gasteiger partial charge in [-0.1, -0.05) is 0 Å². The van der Waals surface area contributed by atoms with Crippen LogP contribution in [0.5, 0.6) is 5.75 Å². The number of ether oxygens (including phenoxy) is 2. The third-order valence-electron chi connectivity index (χ3n) is 1.96. The Labute approximate surface area is 97.6 Å². The smallest absolute Gasteiger partial charge is 0.311 e. The first-order valence-corrected chi connectivity index (χ1v) is 5.05. The van der Waals surface area contributed by atoms with Crippen LogP contribution in [-0.4, -0.2) is 24.7 Å². The maximum atomic E-state index is 12.5. The molecule has 0 aliphatic carbocycles. The van der Waals surface area contributed by atoms with E-state index >= 15 is 0 Å². The van der Waals surface area contributed by atoms with Gasteiger partial charge in [0.2, 0.25) is 0 Å². The molecule has 0 atom stereocenters. The number of carbonyl (C=O) groups is 1. The van der Waals surface area contributed by atoms with Gasteiger partial charge in [-0.05, 0) is 6.92 Å². The summed E-state index contributed by atoms with van der Waals surface area (Å²) in [4.78, 5) is 14.9. The van der Waals surface area contributed by atoms with Crippen LogP contribution in [-0.2, 0) is 16.0 Å². The van der Waals surface area contributed by atoms with Gasteiger partial charge in [-0.2, -0.15) is 0 Å². The first kappa shape index (κ1) is 13.3. The number of halogens is 2. The van der Waals surface area contributed by atoms with E-state index in [9.17, 15) is 13.6 Å². The topological polar surface area (TPSA) is 48.4 Å². The van der Waals surface area contributed by atoms with Crippen molar-refractivity contribution >= 4 is 5.97 Å². The Kier molecular flexibility index (Phi) is 4.81. The normalized spacial score (nSPS) is 10.4. The van der Waals surface area contributed by atoms with Gasteiger partial charge in [0.05, 0.1) is 25.8 Å². The van der Waals surface area contributed by atoms with Gasteiger partial charge in [0.1, 0.15) is 11.4 Å². The highest BCUT2D eigenvalue weighted by Gasteiger charge is 2.14. The van der Waals surface area contributed by atoms with Crippen molar-refractivity contribution in [1.29, 1.82) is 0 Å². The molecule has 6 heteroatoms. The Morgan fingerprint density at radius 3 is 2.71 bits per heavy atom. The van der Waals surface area contributed by atoms with Crippen molar-refractivity contribution in [3.8, 4) is 5.75 Å². The van der Waals surface area contributed by atoms with Gasteiger partial charge < -0.3 is 9.47 Å². The lowest BCUT2D eigenvalue weighted by Crippen LogP contribution is -2.10. The summed E-state index contributed by atoms with van der Waals surface area (Å²) in [5.41, 5.74) is -0.207. The molecular formula is C11H13F2NO3. The van der Waals surface area contributed by atoms with Crippen LogP contribution in [0.1, 0.15) is 24.7 Å². The summed E-state index contributed by atoms with van der Waals surface area (Å²) in [6, 6.07) is 2.57. The number of hydrogen-bond donors (Lipinski definition) is 0. The van der Waals surface area contributed by atoms with Crippen LogP contribution in [0, 0.1) is 0 Å². The number of rotatable bonds is 5. The Morgan fingerprint density at radius 2 is 2.18 bits per heavy atom. The minimum Gasteiger partial charge on any atom is -0.497 e. The largest absolute Gasteiger partial charge is 0.497 e. The molecule has 0 saturated carbocycles. The zero-order chi connectivity index (χ0) is 12.8. The van der Waals surface area contributed by atoms with E-state index in [0.717, 1.165) is 6.07 Å². The number of aromatic nitrogens is 1. The molecule has 1 aromatic heterocycles. The molecule has 0 radical (unpaired) electrons. The van der Waals surface area contributed by atoms with Crippen molar-refractivity contribution in [2.24, 2.45) is 0 Å². The monoisotopic (exact) mass is 245 g/mol. The zero-order valence-corrected chi connectivity index (χ0v) is 9.57. The van der Waals surface area contributed by atoms with E-state index < -0.39 is 18.1 Å². The predicted molar refractivity (Wildman–Crippen MR) is 56.1 cm³/mol. The van der Waals surface area contributed by atoms with Crippen LogP contribution in [0.25, 0.3) is 0 Å². The number of alkyl halides is 2. The van der Waals surface area contributed by atoms with Crippen molar-refractivity contribution in [3.05, 3.63) is 23.5 Å². The van der Waals surface area contributed by atoms with Crippen molar-refractivity contribution in [2.75, 3.05) is 13.7 Å². The van der Waals surface area contributed by atoms with Gasteiger partial charge in [-0.15, -0.1) is 0 Å². The fourth-order valence-electron chi connectivity index (χ4n) is 1.26. The van der Waals surface area contributed by atoms with E-state index in [1.807, 2.05) is 0 Å². The van der Waals surface area contributed by atoms with E-state index in [1.165, 1.54) is 13.2 Å². The van der Waals surface area contributed by atoms with E-state index in [2.05, 4.69) is 4.98 Å². The molecular weight excluding hydrogens is 232 g/mol. The molecule has 0 spiro atoms. The van der Waals surface area contributed by atoms with Crippen LogP contribution >= 0.6 is 0 Å². The van der Waals surface area contributed by atoms with Gasteiger partial charge >= 0.3 is 5.97 Å². The summed E-state index contributed by atoms with van der Waals surface area (Å²) in [5.74, 6) is -0.261. The maximum absolute atomic E-state index is 12.5. The summed E-state index contributed by atoms with van der Waals surface area (Å²) < 4.78 is 34.6. The summed E-state index contributed by atoms with van der Waals surface area (Å²) in [6.07, 6.45) is -2.85. The maximum Gasteiger partial charge on any atom is 0.311 e. The van der Waals surface area contributed by atoms with Crippen LogP contribution in [0.4, 0.5) is 8.78 Å². The minimum atomic E-state index is -2.70. The molecule has 0 fully saturated rings. The Hall–Kier alpha value is -1.72. The number of pyridine rings is 1. The standard InChI is InChI=1S/C11H13F2NO3/c1-3-17-10(15)5-7-4-8(16-2)6-9(14-7)11(12)13/h4,6,11H,3,5H2,1-2H3. The average Bonchev–Trinajstić information content (AvgIpc) is 2.28. The fourth-order valence-corrected chi connectivity index (χ4v) is 1.26. The Balaban J connectivity index is 2.90. The first-order chi connectivity index (χ1) is 8.06. The quantitative estimate of drug-likeness (QED) is 0.745. The van der Waals surface area contributed by atoms with Gasteiger partial charge in [0.15, 0.2) is 0 Å². The van der Waals surface area contributed by atoms with Crippen molar-refractivity contribution < 1.29 is 23.0 Å². The highest BCUT2D eigenvalue weighted by atomic mass is 19.3. The van der Waals surface area contributed by atoms with E-state index in [0.29, 0.717) is 0 Å². The second-order valence-corrected chi connectivity index (χ2v) is 3.21. The van der Waals surface area contributed by atoms with Crippen LogP contribution in [0.2, 0.25) is 0 Å². The van der Waals surface area contributed by atoms with Crippen LogP contribution in [0.15, 0.2) is 12.1 Å². The van der Waals surface area contributed by atoms with E-state index in [-0.39, 0.29) is 24.5 Å². The third kappa shape index (κ3) is 3.97. The molecule has 0 aromatic carbocycles. The number of esters is 1. The second kappa shape index (κ2) is 6.12. The zero-order valence-electron chi connectivity index (χ0n) is 9.57. The predicted octanol–water partition coefficient (Wildman–Crippen LogP) is 2.13. The van der Waals surface area contributed by atoms with Gasteiger partial charge in [-0.3, -0.25) is 9.78 Å². The molecule has 1 heterocycles. The van der Waals surface area contributed by atoms with Crippen molar-refractivity contribution in [2.45, 2.75) is 19.8 Å². The van der Waals surface area contributed by atoms with Gasteiger partial charge in [0, 0.05) is 12.1 Å². The molecule has 0 bridgehead atoms. The van der Waals surface area contributed by atoms with Crippen LogP contribution < -0.4 is 4.74 Å². The van der Waals surface area contributed by atoms with Crippen molar-refractivity contribution in [3.63, 3.8) is 0 Å². The number of hydrogen-bond acceptors (Lipinski definition) is 4. The molecule has 4 nitrogen and oxygen atoms in total. The first-order valence-electron chi connectivity index (χ1n) is 5.05. The minimum absolute atomic E-state index is 0.148. The van der Waals surface area contributed by atoms with Crippen LogP contribution in [0.3, 0.4) is 0 Å². The second-order valence-electron chi connectivity index (χ2n) is 3.21. The summed E-state index contributed by atoms with van der Waals surface area (Å²) >= 11 is 0. The van der Waals surface area contributed by atoms with Crippen molar-refractivity contribution in [1.82, 2.24) is 4.98 Å². The summed E-state index contributed by atoms with van der Waals surface area (Å²) in [6.45, 7) is 1.91. The summed E-state index contributed by atoms with van der Waals surface area (Å²) in [7, 11) is 1.36. The Morgan fingerprint density at radius 1 is 1.47 bits per heavy atom. The molecule has 0 aliphatic rings. The molecule has 1 rings (SSSR count). The van der Waals surface area contributed by atoms with E-state index in [1.54, 1.807) is 6.92 Å². The van der Waals surface area contributed by atoms with E-state index in [4.69, 9.17) is 9.47 Å². The fraction of sp³-hybridized carbons (Fsp3) is 0.455. The number of methoxy groups -OCH3 is 1. The highest BCUT2D eigenvalue weighted by Crippen LogP contribution is 2.22. The van der Waals surface area contributed by atoms with Gasteiger partial charge in [0.25, 0.3) is 6.43 Å². The lowest BCUT2D eigenvalue weighted by molar-refractivity contribution is -0.142. The molecule has 0 amide bonds. The molecule has 0 N–H and O–H groups in total. The molecule has 1 aromatic rings. The lowest BCUT2D eigenvalue weighted by Gasteiger charge is -2.07. The molecule has 0 aliphatic heterocycles. The molecule has 17 heavy (non-hydrogen) atoms. The third-order valence-corrected chi connectivity index (χ3v) is 1.96. The number of carbonyl (C=O) groups excluding carboxylic acids is 1.